The molecular formula is C26H50O5Si. The van der Waals surface area contributed by atoms with Crippen molar-refractivity contribution in [3.05, 3.63) is 12.2 Å². The molecule has 0 amide bonds. The van der Waals surface area contributed by atoms with Crippen LogP contribution in [0.2, 0.25) is 18.1 Å². The first-order chi connectivity index (χ1) is 14.4. The lowest BCUT2D eigenvalue weighted by Gasteiger charge is -2.42. The van der Waals surface area contributed by atoms with Crippen LogP contribution in [-0.4, -0.2) is 46.0 Å². The molecule has 0 N–H and O–H groups in total. The molecule has 0 bridgehead atoms. The van der Waals surface area contributed by atoms with Gasteiger partial charge in [0.25, 0.3) is 0 Å². The van der Waals surface area contributed by atoms with Gasteiger partial charge in [-0.25, -0.2) is 0 Å². The van der Waals surface area contributed by atoms with Gasteiger partial charge in [-0.1, -0.05) is 39.8 Å². The Bertz CT molecular complexity index is 613. The highest BCUT2D eigenvalue weighted by Gasteiger charge is 2.40. The molecule has 1 fully saturated rings. The summed E-state index contributed by atoms with van der Waals surface area (Å²) in [5.74, 6) is -0.0122. The summed E-state index contributed by atoms with van der Waals surface area (Å²) in [5, 5.41) is 0.186. The van der Waals surface area contributed by atoms with Crippen LogP contribution in [0.1, 0.15) is 81.6 Å². The molecule has 188 valence electrons. The molecule has 0 unspecified atom stereocenters. The zero-order valence-electron chi connectivity index (χ0n) is 22.7. The van der Waals surface area contributed by atoms with E-state index in [9.17, 15) is 4.79 Å². The second-order valence-corrected chi connectivity index (χ2v) is 17.2. The van der Waals surface area contributed by atoms with Gasteiger partial charge in [-0.3, -0.25) is 4.79 Å². The fourth-order valence-corrected chi connectivity index (χ4v) is 4.12. The zero-order valence-corrected chi connectivity index (χ0v) is 23.7. The summed E-state index contributed by atoms with van der Waals surface area (Å²) >= 11 is 0. The van der Waals surface area contributed by atoms with Crippen molar-refractivity contribution in [2.24, 2.45) is 17.3 Å². The Hall–Kier alpha value is -0.693. The van der Waals surface area contributed by atoms with E-state index in [1.165, 1.54) is 0 Å². The summed E-state index contributed by atoms with van der Waals surface area (Å²) in [6.07, 6.45) is 7.33. The molecular weight excluding hydrogens is 420 g/mol. The number of carbonyl (C=O) groups excluding carboxylic acids is 1. The molecule has 6 heteroatoms. The molecule has 0 aliphatic carbocycles. The molecule has 0 aromatic rings. The third kappa shape index (κ3) is 10.1. The van der Waals surface area contributed by atoms with Crippen LogP contribution < -0.4 is 0 Å². The quantitative estimate of drug-likeness (QED) is 0.201. The molecule has 5 nitrogen and oxygen atoms in total. The van der Waals surface area contributed by atoms with Crippen molar-refractivity contribution in [2.45, 2.75) is 112 Å². The lowest BCUT2D eigenvalue weighted by atomic mass is 9.97. The van der Waals surface area contributed by atoms with E-state index in [0.717, 1.165) is 19.3 Å². The van der Waals surface area contributed by atoms with E-state index in [0.29, 0.717) is 25.7 Å². The number of carbonyl (C=O) groups is 1. The van der Waals surface area contributed by atoms with Crippen molar-refractivity contribution >= 4 is 14.3 Å². The van der Waals surface area contributed by atoms with E-state index >= 15 is 0 Å². The number of hydrogen-bond donors (Lipinski definition) is 0. The molecule has 32 heavy (non-hydrogen) atoms. The topological polar surface area (TPSA) is 54.0 Å². The van der Waals surface area contributed by atoms with Gasteiger partial charge < -0.3 is 18.6 Å². The Morgan fingerprint density at radius 2 is 1.78 bits per heavy atom. The molecule has 0 radical (unpaired) electrons. The van der Waals surface area contributed by atoms with Crippen LogP contribution in [0, 0.1) is 17.3 Å². The van der Waals surface area contributed by atoms with Crippen LogP contribution in [0.15, 0.2) is 12.2 Å². The summed E-state index contributed by atoms with van der Waals surface area (Å²) in [5.41, 5.74) is -0.436. The third-order valence-corrected chi connectivity index (χ3v) is 11.1. The van der Waals surface area contributed by atoms with Crippen LogP contribution in [0.25, 0.3) is 0 Å². The molecule has 1 aliphatic rings. The first-order valence-electron chi connectivity index (χ1n) is 12.2. The lowest BCUT2D eigenvalue weighted by molar-refractivity contribution is -0.284. The fourth-order valence-electron chi connectivity index (χ4n) is 3.06. The second-order valence-electron chi connectivity index (χ2n) is 12.4. The molecule has 1 saturated heterocycles. The Balaban J connectivity index is 2.53. The highest BCUT2D eigenvalue weighted by molar-refractivity contribution is 6.74. The van der Waals surface area contributed by atoms with Crippen LogP contribution in [0.5, 0.6) is 0 Å². The highest BCUT2D eigenvalue weighted by atomic mass is 28.4. The minimum absolute atomic E-state index is 0.00781. The predicted molar refractivity (Wildman–Crippen MR) is 134 cm³/mol. The van der Waals surface area contributed by atoms with Gasteiger partial charge in [-0.15, -0.1) is 0 Å². The Kier molecular flexibility index (Phi) is 10.7. The molecule has 0 saturated carbocycles. The maximum atomic E-state index is 11.9. The van der Waals surface area contributed by atoms with Crippen LogP contribution in [0.4, 0.5) is 0 Å². The van der Waals surface area contributed by atoms with E-state index in [4.69, 9.17) is 18.6 Å². The van der Waals surface area contributed by atoms with E-state index < -0.39 is 19.5 Å². The standard InChI is InChI=1S/C26H50O5Si/c1-20(16-17-28-23(27)24(2,3)4)14-12-13-15-22-21(18-29-26(8,9)31-22)19-30-32(10,11)25(5,6)7/h13,15,20-22H,12,14,16-19H2,1-11H3/b15-13+/t20-,21-,22-/m1/s1. The van der Waals surface area contributed by atoms with E-state index in [2.05, 4.69) is 52.9 Å². The average molecular weight is 471 g/mol. The van der Waals surface area contributed by atoms with Gasteiger partial charge in [0.05, 0.1) is 24.7 Å². The summed E-state index contributed by atoms with van der Waals surface area (Å²) in [4.78, 5) is 11.9. The number of hydrogen-bond acceptors (Lipinski definition) is 5. The molecule has 0 spiro atoms. The molecule has 1 rings (SSSR count). The van der Waals surface area contributed by atoms with Gasteiger partial charge in [-0.05, 0) is 77.9 Å². The summed E-state index contributed by atoms with van der Waals surface area (Å²) in [7, 11) is -1.81. The van der Waals surface area contributed by atoms with E-state index in [-0.39, 0.29) is 23.0 Å². The third-order valence-electron chi connectivity index (χ3n) is 6.60. The van der Waals surface area contributed by atoms with Crippen molar-refractivity contribution in [1.82, 2.24) is 0 Å². The minimum Gasteiger partial charge on any atom is -0.465 e. The van der Waals surface area contributed by atoms with Gasteiger partial charge >= 0.3 is 5.97 Å². The maximum Gasteiger partial charge on any atom is 0.311 e. The van der Waals surface area contributed by atoms with Crippen LogP contribution in [-0.2, 0) is 23.4 Å². The molecule has 1 heterocycles. The number of rotatable bonds is 10. The number of esters is 1. The number of allylic oxidation sites excluding steroid dienone is 1. The van der Waals surface area contributed by atoms with Crippen molar-refractivity contribution in [2.75, 3.05) is 19.8 Å². The molecule has 3 atom stereocenters. The van der Waals surface area contributed by atoms with Crippen molar-refractivity contribution < 1.29 is 23.4 Å². The molecule has 0 aromatic carbocycles. The Morgan fingerprint density at radius 1 is 1.16 bits per heavy atom. The first kappa shape index (κ1) is 29.3. The van der Waals surface area contributed by atoms with Gasteiger partial charge in [0.1, 0.15) is 0 Å². The predicted octanol–water partition coefficient (Wildman–Crippen LogP) is 6.73. The smallest absolute Gasteiger partial charge is 0.311 e. The normalized spacial score (nSPS) is 23.3. The van der Waals surface area contributed by atoms with Gasteiger partial charge in [0.2, 0.25) is 0 Å². The Morgan fingerprint density at radius 3 is 2.34 bits per heavy atom. The first-order valence-corrected chi connectivity index (χ1v) is 15.1. The average Bonchev–Trinajstić information content (AvgIpc) is 2.62. The summed E-state index contributed by atoms with van der Waals surface area (Å²) in [6.45, 7) is 25.0. The lowest BCUT2D eigenvalue weighted by Crippen LogP contribution is -2.49. The van der Waals surface area contributed by atoms with Crippen molar-refractivity contribution in [1.29, 1.82) is 0 Å². The van der Waals surface area contributed by atoms with E-state index in [1.54, 1.807) is 0 Å². The zero-order chi connectivity index (χ0) is 24.8. The van der Waals surface area contributed by atoms with Crippen LogP contribution >= 0.6 is 0 Å². The molecule has 0 aromatic heterocycles. The van der Waals surface area contributed by atoms with Gasteiger partial charge in [0, 0.05) is 12.5 Å². The van der Waals surface area contributed by atoms with Crippen LogP contribution in [0.3, 0.4) is 0 Å². The largest absolute Gasteiger partial charge is 0.465 e. The van der Waals surface area contributed by atoms with E-state index in [1.807, 2.05) is 34.6 Å². The van der Waals surface area contributed by atoms with Gasteiger partial charge in [-0.2, -0.15) is 0 Å². The number of ether oxygens (including phenoxy) is 3. The highest BCUT2D eigenvalue weighted by Crippen LogP contribution is 2.37. The Labute approximate surface area is 198 Å². The van der Waals surface area contributed by atoms with Crippen molar-refractivity contribution in [3.63, 3.8) is 0 Å². The summed E-state index contributed by atoms with van der Waals surface area (Å²) in [6, 6.07) is 0. The molecule has 1 aliphatic heterocycles. The summed E-state index contributed by atoms with van der Waals surface area (Å²) < 4.78 is 24.0. The maximum absolute atomic E-state index is 11.9. The minimum atomic E-state index is -1.81. The monoisotopic (exact) mass is 470 g/mol. The van der Waals surface area contributed by atoms with Crippen molar-refractivity contribution in [3.8, 4) is 0 Å². The second kappa shape index (κ2) is 11.6. The SMILES string of the molecule is C[C@H](CC/C=C/[C@H]1OC(C)(C)OC[C@@H]1CO[Si](C)(C)C(C)(C)C)CCOC(=O)C(C)(C)C. The van der Waals surface area contributed by atoms with Gasteiger partial charge in [0.15, 0.2) is 14.1 Å². The fraction of sp³-hybridized carbons (Fsp3) is 0.885.